The monoisotopic (exact) mass is 229 g/mol. The van der Waals surface area contributed by atoms with Crippen LogP contribution in [0.2, 0.25) is 0 Å². The van der Waals surface area contributed by atoms with Crippen LogP contribution in [0.5, 0.6) is 0 Å². The Bertz CT molecular complexity index is 336. The van der Waals surface area contributed by atoms with Crippen LogP contribution in [0.25, 0.3) is 0 Å². The van der Waals surface area contributed by atoms with E-state index < -0.39 is 4.92 Å². The first kappa shape index (κ1) is 9.10. The summed E-state index contributed by atoms with van der Waals surface area (Å²) in [5.74, 6) is 0. The van der Waals surface area contributed by atoms with E-state index in [0.29, 0.717) is 0 Å². The first-order valence-electron chi connectivity index (χ1n) is 3.35. The van der Waals surface area contributed by atoms with Crippen molar-refractivity contribution in [2.45, 2.75) is 6.92 Å². The Hall–Kier alpha value is -0.991. The summed E-state index contributed by atoms with van der Waals surface area (Å²) in [7, 11) is 0. The minimum atomic E-state index is -0.396. The van der Waals surface area contributed by atoms with Gasteiger partial charge in [0, 0.05) is 0 Å². The molecule has 4 heteroatoms. The average Bonchev–Trinajstić information content (AvgIpc) is 2.05. The van der Waals surface area contributed by atoms with Gasteiger partial charge in [-0.3, -0.25) is 0 Å². The van der Waals surface area contributed by atoms with Gasteiger partial charge in [-0.2, -0.15) is 0 Å². The molecule has 0 spiro atoms. The van der Waals surface area contributed by atoms with Crippen LogP contribution < -0.4 is 0 Å². The second-order valence-corrected chi connectivity index (χ2v) is 2.91. The average molecular weight is 228 g/mol. The van der Waals surface area contributed by atoms with Gasteiger partial charge < -0.3 is 0 Å². The predicted molar refractivity (Wildman–Crippen MR) is 48.8 cm³/mol. The van der Waals surface area contributed by atoms with E-state index in [2.05, 4.69) is 15.6 Å². The summed E-state index contributed by atoms with van der Waals surface area (Å²) in [4.78, 5) is 11.7. The molecule has 0 N–H and O–H groups in total. The normalized spacial score (nSPS) is 9.42. The molecule has 12 heavy (non-hydrogen) atoms. The van der Waals surface area contributed by atoms with Crippen LogP contribution in [0.3, 0.4) is 0 Å². The Kier molecular flexibility index (Phi) is 2.73. The maximum absolute atomic E-state index is 10.4. The molecule has 0 saturated heterocycles. The second-order valence-electron chi connectivity index (χ2n) is 2.42. The number of aryl methyl sites for hydroxylation is 1. The quantitative estimate of drug-likeness (QED) is 0.434. The van der Waals surface area contributed by atoms with Crippen molar-refractivity contribution >= 4 is 26.2 Å². The number of nitrogens with zero attached hydrogens (tertiary/aromatic N) is 1. The molecule has 1 aromatic rings. The van der Waals surface area contributed by atoms with Crippen molar-refractivity contribution in [3.05, 3.63) is 39.4 Å². The first-order valence-corrected chi connectivity index (χ1v) is 4.34. The molecule has 0 unspecified atom stereocenters. The minimum absolute atomic E-state index is 0.127. The molecule has 3 nitrogen and oxygen atoms in total. The molecular weight excluding hydrogens is 221 g/mol. The number of nitro benzene ring substituents is 1. The summed E-state index contributed by atoms with van der Waals surface area (Å²) >= 11 is 2.72. The fourth-order valence-corrected chi connectivity index (χ4v) is 1.40. The first-order chi connectivity index (χ1) is 5.65. The molecule has 0 atom stereocenters. The number of hydrogen-bond acceptors (Lipinski definition) is 2. The van der Waals surface area contributed by atoms with Gasteiger partial charge in [0.05, 0.1) is 0 Å². The van der Waals surface area contributed by atoms with Crippen molar-refractivity contribution in [1.82, 2.24) is 0 Å². The van der Waals surface area contributed by atoms with Gasteiger partial charge in [-0.15, -0.1) is 0 Å². The fourth-order valence-electron chi connectivity index (χ4n) is 0.868. The Morgan fingerprint density at radius 3 is 2.75 bits per heavy atom. The summed E-state index contributed by atoms with van der Waals surface area (Å²) in [6.45, 7) is 1.91. The number of non-ortho nitro benzene ring substituents is 1. The van der Waals surface area contributed by atoms with Gasteiger partial charge in [0.2, 0.25) is 0 Å². The van der Waals surface area contributed by atoms with Gasteiger partial charge in [-0.1, -0.05) is 0 Å². The van der Waals surface area contributed by atoms with E-state index in [0.717, 1.165) is 11.1 Å². The van der Waals surface area contributed by atoms with Crippen LogP contribution in [-0.4, -0.2) is 25.4 Å². The number of hydrogen-bond donors (Lipinski definition) is 0. The Morgan fingerprint density at radius 1 is 1.58 bits per heavy atom. The summed E-state index contributed by atoms with van der Waals surface area (Å²) in [6.07, 6.45) is 0. The Labute approximate surface area is 77.9 Å². The molecular formula is C8H7NO2Se. The summed E-state index contributed by atoms with van der Waals surface area (Å²) in [5.41, 5.74) is 2.02. The van der Waals surface area contributed by atoms with Gasteiger partial charge in [-0.25, -0.2) is 0 Å². The van der Waals surface area contributed by atoms with E-state index in [1.165, 1.54) is 6.07 Å². The SMILES string of the molecule is Cc1ccc([N+](=O)[O-])cc1C=[Se]. The maximum atomic E-state index is 10.4. The topological polar surface area (TPSA) is 43.1 Å². The summed E-state index contributed by atoms with van der Waals surface area (Å²) < 4.78 is 0. The van der Waals surface area contributed by atoms with Crippen LogP contribution in [0.1, 0.15) is 11.1 Å². The molecule has 62 valence electrons. The zero-order valence-corrected chi connectivity index (χ0v) is 8.19. The second kappa shape index (κ2) is 3.61. The van der Waals surface area contributed by atoms with Crippen molar-refractivity contribution in [3.63, 3.8) is 0 Å². The van der Waals surface area contributed by atoms with Crippen molar-refractivity contribution in [3.8, 4) is 0 Å². The van der Waals surface area contributed by atoms with Crippen molar-refractivity contribution in [2.75, 3.05) is 0 Å². The van der Waals surface area contributed by atoms with Crippen LogP contribution in [0.4, 0.5) is 5.69 Å². The Morgan fingerprint density at radius 2 is 2.25 bits per heavy atom. The molecule has 0 aliphatic heterocycles. The van der Waals surface area contributed by atoms with E-state index in [9.17, 15) is 10.1 Å². The van der Waals surface area contributed by atoms with Gasteiger partial charge in [-0.05, 0) is 0 Å². The van der Waals surface area contributed by atoms with E-state index in [4.69, 9.17) is 0 Å². The Balaban J connectivity index is 3.22. The van der Waals surface area contributed by atoms with E-state index in [1.807, 2.05) is 6.92 Å². The third-order valence-electron chi connectivity index (χ3n) is 1.60. The van der Waals surface area contributed by atoms with Gasteiger partial charge >= 0.3 is 77.5 Å². The van der Waals surface area contributed by atoms with E-state index >= 15 is 0 Å². The van der Waals surface area contributed by atoms with E-state index in [-0.39, 0.29) is 5.69 Å². The zero-order chi connectivity index (χ0) is 9.14. The molecule has 0 aromatic heterocycles. The summed E-state index contributed by atoms with van der Waals surface area (Å²) in [5, 5.41) is 10.4. The standard InChI is InChI=1S/C8H7NO2Se/c1-6-2-3-8(9(10)11)4-7(6)5-12/h2-5H,1H3. The molecule has 0 fully saturated rings. The molecule has 0 heterocycles. The molecule has 0 radical (unpaired) electrons. The molecule has 1 aromatic carbocycles. The van der Waals surface area contributed by atoms with Crippen molar-refractivity contribution in [2.24, 2.45) is 0 Å². The number of nitro groups is 1. The van der Waals surface area contributed by atoms with Crippen molar-refractivity contribution < 1.29 is 4.92 Å². The molecule has 0 amide bonds. The van der Waals surface area contributed by atoms with Crippen LogP contribution >= 0.6 is 0 Å². The molecule has 1 rings (SSSR count). The molecule has 0 aliphatic carbocycles. The van der Waals surface area contributed by atoms with Gasteiger partial charge in [0.25, 0.3) is 0 Å². The molecule has 0 bridgehead atoms. The number of benzene rings is 1. The third kappa shape index (κ3) is 1.78. The third-order valence-corrected chi connectivity index (χ3v) is 2.13. The van der Waals surface area contributed by atoms with Crippen LogP contribution in [0, 0.1) is 17.0 Å². The molecule has 0 aliphatic rings. The van der Waals surface area contributed by atoms with Gasteiger partial charge in [0.1, 0.15) is 0 Å². The van der Waals surface area contributed by atoms with Crippen LogP contribution in [-0.2, 0) is 0 Å². The van der Waals surface area contributed by atoms with Gasteiger partial charge in [0.15, 0.2) is 0 Å². The zero-order valence-electron chi connectivity index (χ0n) is 6.48. The van der Waals surface area contributed by atoms with E-state index in [1.54, 1.807) is 17.1 Å². The van der Waals surface area contributed by atoms with Crippen molar-refractivity contribution in [1.29, 1.82) is 0 Å². The number of rotatable bonds is 2. The summed E-state index contributed by atoms with van der Waals surface area (Å²) in [6, 6.07) is 4.79. The fraction of sp³-hybridized carbons (Fsp3) is 0.125. The predicted octanol–water partition coefficient (Wildman–Crippen LogP) is 1.22. The van der Waals surface area contributed by atoms with Crippen LogP contribution in [0.15, 0.2) is 18.2 Å². The molecule has 0 saturated carbocycles.